The highest BCUT2D eigenvalue weighted by molar-refractivity contribution is 5.79. The largest absolute Gasteiger partial charge is 0.379 e. The van der Waals surface area contributed by atoms with E-state index >= 15 is 0 Å². The van der Waals surface area contributed by atoms with Crippen molar-refractivity contribution in [2.24, 2.45) is 16.8 Å². The van der Waals surface area contributed by atoms with Crippen molar-refractivity contribution >= 4 is 5.96 Å². The van der Waals surface area contributed by atoms with Crippen molar-refractivity contribution in [3.63, 3.8) is 0 Å². The van der Waals surface area contributed by atoms with E-state index in [1.807, 2.05) is 0 Å². The lowest BCUT2D eigenvalue weighted by Gasteiger charge is -2.30. The van der Waals surface area contributed by atoms with Gasteiger partial charge < -0.3 is 19.9 Å². The van der Waals surface area contributed by atoms with Gasteiger partial charge in [-0.15, -0.1) is 0 Å². The lowest BCUT2D eigenvalue weighted by molar-refractivity contribution is 0.115. The number of nitrogens with zero attached hydrogens (tertiary/aromatic N) is 3. The van der Waals surface area contributed by atoms with Crippen molar-refractivity contribution in [2.75, 3.05) is 59.5 Å². The molecule has 1 saturated heterocycles. The molecule has 1 aliphatic carbocycles. The minimum absolute atomic E-state index is 0.793. The maximum absolute atomic E-state index is 5.74. The molecule has 1 N–H and O–H groups in total. The number of likely N-dealkylation sites (N-methyl/N-ethyl adjacent to an activating group) is 1. The average Bonchev–Trinajstić information content (AvgIpc) is 3.35. The molecule has 0 aromatic carbocycles. The predicted octanol–water partition coefficient (Wildman–Crippen LogP) is 2.04. The first kappa shape index (κ1) is 18.5. The number of hydrogen-bond donors (Lipinski definition) is 1. The Hall–Kier alpha value is -0.810. The fourth-order valence-corrected chi connectivity index (χ4v) is 3.10. The maximum atomic E-state index is 5.74. The van der Waals surface area contributed by atoms with E-state index < -0.39 is 0 Å². The van der Waals surface area contributed by atoms with Gasteiger partial charge in [0.1, 0.15) is 0 Å². The maximum Gasteiger partial charge on any atom is 0.193 e. The van der Waals surface area contributed by atoms with Crippen LogP contribution in [0.1, 0.15) is 39.5 Å². The summed E-state index contributed by atoms with van der Waals surface area (Å²) in [6.07, 6.45) is 5.43. The van der Waals surface area contributed by atoms with Gasteiger partial charge in [0.25, 0.3) is 0 Å². The molecule has 1 heterocycles. The summed E-state index contributed by atoms with van der Waals surface area (Å²) in [5.74, 6) is 2.69. The molecule has 23 heavy (non-hydrogen) atoms. The van der Waals surface area contributed by atoms with Gasteiger partial charge in [0.05, 0.1) is 13.2 Å². The molecular weight excluding hydrogens is 288 g/mol. The summed E-state index contributed by atoms with van der Waals surface area (Å²) in [6.45, 7) is 12.4. The molecule has 2 fully saturated rings. The van der Waals surface area contributed by atoms with Crippen LogP contribution in [0.15, 0.2) is 4.99 Å². The topological polar surface area (TPSA) is 40.1 Å². The summed E-state index contributed by atoms with van der Waals surface area (Å²) in [6, 6.07) is 0. The van der Waals surface area contributed by atoms with Crippen LogP contribution >= 0.6 is 0 Å². The Kier molecular flexibility index (Phi) is 8.17. The molecule has 1 aliphatic heterocycles. The highest BCUT2D eigenvalue weighted by Crippen LogP contribution is 2.28. The number of hydrogen-bond acceptors (Lipinski definition) is 3. The Labute approximate surface area is 142 Å². The van der Waals surface area contributed by atoms with Crippen molar-refractivity contribution in [3.8, 4) is 0 Å². The van der Waals surface area contributed by atoms with E-state index in [-0.39, 0.29) is 0 Å². The molecule has 0 spiro atoms. The molecule has 0 amide bonds. The summed E-state index contributed by atoms with van der Waals surface area (Å²) >= 11 is 0. The van der Waals surface area contributed by atoms with Gasteiger partial charge in [-0.3, -0.25) is 4.99 Å². The third kappa shape index (κ3) is 7.53. The molecular formula is C18H36N4O. The van der Waals surface area contributed by atoms with Crippen LogP contribution in [0.25, 0.3) is 0 Å². The Balaban J connectivity index is 1.66. The van der Waals surface area contributed by atoms with Crippen LogP contribution in [0.5, 0.6) is 0 Å². The van der Waals surface area contributed by atoms with E-state index in [0.717, 1.165) is 57.2 Å². The molecule has 134 valence electrons. The van der Waals surface area contributed by atoms with E-state index in [1.165, 1.54) is 38.8 Å². The third-order valence-electron chi connectivity index (χ3n) is 4.74. The normalized spacial score (nSPS) is 23.1. The number of piperidine rings is 1. The molecule has 0 bridgehead atoms. The standard InChI is InChI=1S/C18H36N4O/c1-4-19-18(21(3)12-13-23-15-17-7-8-17)20-9-11-22-10-5-6-16(2)14-22/h16-17H,4-15H2,1-3H3,(H,19,20). The van der Waals surface area contributed by atoms with E-state index in [4.69, 9.17) is 9.73 Å². The second kappa shape index (κ2) is 10.1. The molecule has 1 unspecified atom stereocenters. The minimum Gasteiger partial charge on any atom is -0.379 e. The van der Waals surface area contributed by atoms with Gasteiger partial charge in [-0.25, -0.2) is 0 Å². The fourth-order valence-electron chi connectivity index (χ4n) is 3.10. The Bertz CT molecular complexity index is 357. The molecule has 0 aromatic heterocycles. The lowest BCUT2D eigenvalue weighted by atomic mass is 10.0. The minimum atomic E-state index is 0.793. The Morgan fingerprint density at radius 3 is 2.87 bits per heavy atom. The highest BCUT2D eigenvalue weighted by Gasteiger charge is 2.21. The third-order valence-corrected chi connectivity index (χ3v) is 4.74. The van der Waals surface area contributed by atoms with Gasteiger partial charge >= 0.3 is 0 Å². The number of nitrogens with one attached hydrogen (secondary N) is 1. The summed E-state index contributed by atoms with van der Waals surface area (Å²) in [5, 5.41) is 3.39. The zero-order valence-corrected chi connectivity index (χ0v) is 15.4. The number of guanidine groups is 1. The zero-order valence-electron chi connectivity index (χ0n) is 15.4. The highest BCUT2D eigenvalue weighted by atomic mass is 16.5. The first-order valence-corrected chi connectivity index (χ1v) is 9.48. The summed E-state index contributed by atoms with van der Waals surface area (Å²) in [5.41, 5.74) is 0. The van der Waals surface area contributed by atoms with Crippen LogP contribution in [-0.2, 0) is 4.74 Å². The SMILES string of the molecule is CCNC(=NCCN1CCCC(C)C1)N(C)CCOCC1CC1. The summed E-state index contributed by atoms with van der Waals surface area (Å²) in [7, 11) is 2.10. The zero-order chi connectivity index (χ0) is 16.5. The van der Waals surface area contributed by atoms with Crippen LogP contribution in [0.2, 0.25) is 0 Å². The van der Waals surface area contributed by atoms with Gasteiger partial charge in [0.15, 0.2) is 5.96 Å². The molecule has 0 radical (unpaired) electrons. The van der Waals surface area contributed by atoms with E-state index in [9.17, 15) is 0 Å². The molecule has 0 aromatic rings. The molecule has 1 saturated carbocycles. The van der Waals surface area contributed by atoms with Crippen molar-refractivity contribution < 1.29 is 4.74 Å². The lowest BCUT2D eigenvalue weighted by Crippen LogP contribution is -2.41. The van der Waals surface area contributed by atoms with E-state index in [1.54, 1.807) is 0 Å². The second-order valence-corrected chi connectivity index (χ2v) is 7.22. The van der Waals surface area contributed by atoms with Gasteiger partial charge in [-0.2, -0.15) is 0 Å². The van der Waals surface area contributed by atoms with Gasteiger partial charge in [-0.1, -0.05) is 6.92 Å². The molecule has 5 heteroatoms. The van der Waals surface area contributed by atoms with Gasteiger partial charge in [-0.05, 0) is 51.0 Å². The first-order valence-electron chi connectivity index (χ1n) is 9.48. The Morgan fingerprint density at radius 2 is 2.17 bits per heavy atom. The van der Waals surface area contributed by atoms with Crippen LogP contribution in [0.3, 0.4) is 0 Å². The average molecular weight is 325 g/mol. The smallest absolute Gasteiger partial charge is 0.193 e. The van der Waals surface area contributed by atoms with E-state index in [2.05, 4.69) is 36.0 Å². The first-order chi connectivity index (χ1) is 11.2. The molecule has 1 atom stereocenters. The van der Waals surface area contributed by atoms with Crippen molar-refractivity contribution in [2.45, 2.75) is 39.5 Å². The number of rotatable bonds is 9. The van der Waals surface area contributed by atoms with Crippen LogP contribution in [0, 0.1) is 11.8 Å². The summed E-state index contributed by atoms with van der Waals surface area (Å²) in [4.78, 5) is 9.54. The van der Waals surface area contributed by atoms with Gasteiger partial charge in [0, 0.05) is 39.8 Å². The quantitative estimate of drug-likeness (QED) is 0.400. The van der Waals surface area contributed by atoms with Crippen LogP contribution in [-0.4, -0.2) is 75.3 Å². The van der Waals surface area contributed by atoms with Crippen molar-refractivity contribution in [3.05, 3.63) is 0 Å². The van der Waals surface area contributed by atoms with Crippen LogP contribution < -0.4 is 5.32 Å². The number of ether oxygens (including phenoxy) is 1. The monoisotopic (exact) mass is 324 g/mol. The Morgan fingerprint density at radius 1 is 1.35 bits per heavy atom. The fraction of sp³-hybridized carbons (Fsp3) is 0.944. The molecule has 2 aliphatic rings. The van der Waals surface area contributed by atoms with Gasteiger partial charge in [0.2, 0.25) is 0 Å². The predicted molar refractivity (Wildman–Crippen MR) is 97.0 cm³/mol. The van der Waals surface area contributed by atoms with Crippen molar-refractivity contribution in [1.29, 1.82) is 0 Å². The number of aliphatic imine (C=N–C) groups is 1. The summed E-state index contributed by atoms with van der Waals surface area (Å²) < 4.78 is 5.74. The molecule has 5 nitrogen and oxygen atoms in total. The molecule has 2 rings (SSSR count). The van der Waals surface area contributed by atoms with E-state index in [0.29, 0.717) is 0 Å². The van der Waals surface area contributed by atoms with Crippen LogP contribution in [0.4, 0.5) is 0 Å². The second-order valence-electron chi connectivity index (χ2n) is 7.22. The number of likely N-dealkylation sites (tertiary alicyclic amines) is 1. The van der Waals surface area contributed by atoms with Crippen molar-refractivity contribution in [1.82, 2.24) is 15.1 Å².